The average molecular weight is 441 g/mol. The maximum atomic E-state index is 12.5. The second kappa shape index (κ2) is 11.9. The summed E-state index contributed by atoms with van der Waals surface area (Å²) < 4.78 is 0. The highest BCUT2D eigenvalue weighted by atomic mass is 16.4. The standard InChI is InChI=1S/C16H23N7O8/c17-4-12(25)21-8(2-11(18)24)14(28)22-9(3-13(26)27)15(29)23-10(16(30)31)1-7-5-19-6-20-7/h5-6,8-10H,1-4,17H2,(H2,18,24)(H,19,20)(H,21,25)(H,22,28)(H,23,29)(H,26,27)(H,30,31). The van der Waals surface area contributed by atoms with E-state index in [2.05, 4.69) is 25.9 Å². The highest BCUT2D eigenvalue weighted by Gasteiger charge is 2.31. The van der Waals surface area contributed by atoms with Gasteiger partial charge in [-0.05, 0) is 0 Å². The van der Waals surface area contributed by atoms with Crippen LogP contribution in [-0.4, -0.2) is 80.4 Å². The van der Waals surface area contributed by atoms with Crippen molar-refractivity contribution in [3.05, 3.63) is 18.2 Å². The summed E-state index contributed by atoms with van der Waals surface area (Å²) in [5.41, 5.74) is 10.6. The molecule has 0 aliphatic carbocycles. The van der Waals surface area contributed by atoms with E-state index in [0.717, 1.165) is 0 Å². The van der Waals surface area contributed by atoms with Crippen molar-refractivity contribution in [3.8, 4) is 0 Å². The molecule has 15 heteroatoms. The second-order valence-corrected chi connectivity index (χ2v) is 6.33. The van der Waals surface area contributed by atoms with Crippen LogP contribution in [0, 0.1) is 0 Å². The van der Waals surface area contributed by atoms with Crippen molar-refractivity contribution < 1.29 is 39.0 Å². The number of hydrogen-bond donors (Lipinski definition) is 8. The first-order valence-corrected chi connectivity index (χ1v) is 8.83. The molecule has 0 spiro atoms. The molecule has 0 radical (unpaired) electrons. The van der Waals surface area contributed by atoms with Gasteiger partial charge in [-0.1, -0.05) is 0 Å². The number of nitrogens with zero attached hydrogens (tertiary/aromatic N) is 1. The molecular weight excluding hydrogens is 418 g/mol. The smallest absolute Gasteiger partial charge is 0.326 e. The monoisotopic (exact) mass is 441 g/mol. The molecule has 1 aromatic rings. The van der Waals surface area contributed by atoms with Crippen LogP contribution in [0.5, 0.6) is 0 Å². The predicted octanol–water partition coefficient (Wildman–Crippen LogP) is -4.20. The van der Waals surface area contributed by atoms with Crippen molar-refractivity contribution in [2.75, 3.05) is 6.54 Å². The minimum atomic E-state index is -1.71. The Hall–Kier alpha value is -4.01. The van der Waals surface area contributed by atoms with Crippen molar-refractivity contribution in [1.82, 2.24) is 25.9 Å². The van der Waals surface area contributed by atoms with E-state index in [9.17, 15) is 33.9 Å². The summed E-state index contributed by atoms with van der Waals surface area (Å²) in [6.07, 6.45) is 0.912. The molecule has 1 rings (SSSR count). The van der Waals surface area contributed by atoms with Gasteiger partial charge in [-0.15, -0.1) is 0 Å². The third-order valence-electron chi connectivity index (χ3n) is 3.85. The van der Waals surface area contributed by atoms with Crippen molar-refractivity contribution >= 4 is 35.6 Å². The summed E-state index contributed by atoms with van der Waals surface area (Å²) in [5, 5.41) is 24.7. The number of aliphatic carboxylic acids is 2. The molecule has 31 heavy (non-hydrogen) atoms. The highest BCUT2D eigenvalue weighted by Crippen LogP contribution is 2.03. The summed E-state index contributed by atoms with van der Waals surface area (Å²) in [4.78, 5) is 76.5. The Balaban J connectivity index is 2.95. The number of nitrogens with two attached hydrogens (primary N) is 2. The fourth-order valence-electron chi connectivity index (χ4n) is 2.41. The van der Waals surface area contributed by atoms with E-state index >= 15 is 0 Å². The van der Waals surface area contributed by atoms with E-state index in [1.165, 1.54) is 12.5 Å². The van der Waals surface area contributed by atoms with Crippen molar-refractivity contribution in [3.63, 3.8) is 0 Å². The number of carbonyl (C=O) groups excluding carboxylic acids is 4. The van der Waals surface area contributed by atoms with Gasteiger partial charge in [0, 0.05) is 18.3 Å². The normalized spacial score (nSPS) is 13.3. The molecule has 0 bridgehead atoms. The maximum Gasteiger partial charge on any atom is 0.326 e. The van der Waals surface area contributed by atoms with Crippen molar-refractivity contribution in [1.29, 1.82) is 0 Å². The number of carbonyl (C=O) groups is 6. The van der Waals surface area contributed by atoms with Crippen LogP contribution in [-0.2, 0) is 35.2 Å². The van der Waals surface area contributed by atoms with Gasteiger partial charge in [0.2, 0.25) is 23.6 Å². The number of hydrogen-bond acceptors (Lipinski definition) is 8. The molecule has 170 valence electrons. The number of carboxylic acid groups (broad SMARTS) is 2. The third-order valence-corrected chi connectivity index (χ3v) is 3.85. The Labute approximate surface area is 174 Å². The predicted molar refractivity (Wildman–Crippen MR) is 101 cm³/mol. The van der Waals surface area contributed by atoms with E-state index in [1.807, 2.05) is 0 Å². The molecule has 3 unspecified atom stereocenters. The summed E-state index contributed by atoms with van der Waals surface area (Å²) in [5.74, 6) is -6.83. The summed E-state index contributed by atoms with van der Waals surface area (Å²) in [7, 11) is 0. The van der Waals surface area contributed by atoms with Crippen LogP contribution in [0.15, 0.2) is 12.5 Å². The molecule has 0 saturated heterocycles. The zero-order chi connectivity index (χ0) is 23.6. The largest absolute Gasteiger partial charge is 0.481 e. The van der Waals surface area contributed by atoms with Crippen molar-refractivity contribution in [2.24, 2.45) is 11.5 Å². The lowest BCUT2D eigenvalue weighted by atomic mass is 10.1. The molecule has 0 aliphatic heterocycles. The van der Waals surface area contributed by atoms with Crippen LogP contribution in [0.1, 0.15) is 18.5 Å². The zero-order valence-electron chi connectivity index (χ0n) is 16.2. The van der Waals surface area contributed by atoms with Crippen LogP contribution in [0.3, 0.4) is 0 Å². The number of aromatic amines is 1. The number of primary amides is 1. The molecule has 10 N–H and O–H groups in total. The highest BCUT2D eigenvalue weighted by molar-refractivity contribution is 5.96. The van der Waals surface area contributed by atoms with Gasteiger partial charge in [0.05, 0.1) is 25.7 Å². The lowest BCUT2D eigenvalue weighted by Crippen LogP contribution is -2.57. The third kappa shape index (κ3) is 8.90. The molecule has 0 saturated carbocycles. The zero-order valence-corrected chi connectivity index (χ0v) is 16.2. The molecule has 1 aromatic heterocycles. The minimum Gasteiger partial charge on any atom is -0.481 e. The summed E-state index contributed by atoms with van der Waals surface area (Å²) >= 11 is 0. The Kier molecular flexibility index (Phi) is 9.58. The number of amides is 4. The van der Waals surface area contributed by atoms with Gasteiger partial charge in [0.1, 0.15) is 18.1 Å². The molecule has 15 nitrogen and oxygen atoms in total. The van der Waals surface area contributed by atoms with Gasteiger partial charge in [-0.2, -0.15) is 0 Å². The number of imidazole rings is 1. The number of H-pyrrole nitrogens is 1. The summed E-state index contributed by atoms with van der Waals surface area (Å²) in [6, 6.07) is -4.68. The minimum absolute atomic E-state index is 0.189. The lowest BCUT2D eigenvalue weighted by molar-refractivity contribution is -0.143. The number of carboxylic acids is 2. The summed E-state index contributed by atoms with van der Waals surface area (Å²) in [6.45, 7) is -0.504. The van der Waals surface area contributed by atoms with Crippen LogP contribution in [0.25, 0.3) is 0 Å². The van der Waals surface area contributed by atoms with Crippen molar-refractivity contribution in [2.45, 2.75) is 37.4 Å². The Bertz CT molecular complexity index is 826. The number of nitrogens with one attached hydrogen (secondary N) is 4. The molecule has 1 heterocycles. The van der Waals surface area contributed by atoms with Gasteiger partial charge in [-0.3, -0.25) is 24.0 Å². The molecular formula is C16H23N7O8. The molecule has 0 fully saturated rings. The maximum absolute atomic E-state index is 12.5. The number of rotatable bonds is 13. The first-order chi connectivity index (χ1) is 14.5. The average Bonchev–Trinajstić information content (AvgIpc) is 3.18. The Morgan fingerprint density at radius 2 is 1.55 bits per heavy atom. The molecule has 0 aliphatic rings. The van der Waals surface area contributed by atoms with Gasteiger partial charge in [0.25, 0.3) is 0 Å². The van der Waals surface area contributed by atoms with Crippen LogP contribution >= 0.6 is 0 Å². The first kappa shape index (κ1) is 25.0. The fraction of sp³-hybridized carbons (Fsp3) is 0.438. The topological polar surface area (TPSA) is 260 Å². The van der Waals surface area contributed by atoms with E-state index in [1.54, 1.807) is 0 Å². The quantitative estimate of drug-likeness (QED) is 0.146. The SMILES string of the molecule is NCC(=O)NC(CC(N)=O)C(=O)NC(CC(=O)O)C(=O)NC(Cc1cnc[nH]1)C(=O)O. The van der Waals surface area contributed by atoms with E-state index in [4.69, 9.17) is 16.6 Å². The van der Waals surface area contributed by atoms with Crippen LogP contribution < -0.4 is 27.4 Å². The lowest BCUT2D eigenvalue weighted by Gasteiger charge is -2.23. The van der Waals surface area contributed by atoms with Crippen LogP contribution in [0.2, 0.25) is 0 Å². The Morgan fingerprint density at radius 3 is 2.00 bits per heavy atom. The molecule has 0 aromatic carbocycles. The van der Waals surface area contributed by atoms with Gasteiger partial charge >= 0.3 is 11.9 Å². The Morgan fingerprint density at radius 1 is 0.968 bits per heavy atom. The molecule has 3 atom stereocenters. The second-order valence-electron chi connectivity index (χ2n) is 6.33. The van der Waals surface area contributed by atoms with E-state index in [-0.39, 0.29) is 6.42 Å². The van der Waals surface area contributed by atoms with Gasteiger partial charge < -0.3 is 42.6 Å². The van der Waals surface area contributed by atoms with E-state index < -0.39 is 73.1 Å². The van der Waals surface area contributed by atoms with E-state index in [0.29, 0.717) is 5.69 Å². The van der Waals surface area contributed by atoms with Gasteiger partial charge in [0.15, 0.2) is 0 Å². The number of aromatic nitrogens is 2. The first-order valence-electron chi connectivity index (χ1n) is 8.83. The molecule has 4 amide bonds. The fourth-order valence-corrected chi connectivity index (χ4v) is 2.41. The van der Waals surface area contributed by atoms with Crippen LogP contribution in [0.4, 0.5) is 0 Å². The van der Waals surface area contributed by atoms with Gasteiger partial charge in [-0.25, -0.2) is 9.78 Å².